The Morgan fingerprint density at radius 3 is 1.26 bits per heavy atom. The third-order valence-corrected chi connectivity index (χ3v) is 4.22. The predicted octanol–water partition coefficient (Wildman–Crippen LogP) is 7.13. The average molecular weight is 488 g/mol. The van der Waals surface area contributed by atoms with Crippen LogP contribution in [0, 0.1) is 20.2 Å². The van der Waals surface area contributed by atoms with Crippen molar-refractivity contribution in [1.82, 2.24) is 0 Å². The summed E-state index contributed by atoms with van der Waals surface area (Å²) in [5.74, 6) is -0.704. The molecular weight excluding hydrogens is 478 g/mol. The van der Waals surface area contributed by atoms with Crippen molar-refractivity contribution in [2.24, 2.45) is 0 Å². The van der Waals surface area contributed by atoms with E-state index in [1.807, 2.05) is 0 Å². The summed E-state index contributed by atoms with van der Waals surface area (Å²) in [7, 11) is 0. The molecule has 0 amide bonds. The molecule has 8 nitrogen and oxygen atoms in total. The lowest BCUT2D eigenvalue weighted by Gasteiger charge is -2.12. The Kier molecular flexibility index (Phi) is 6.34. The smallest absolute Gasteiger partial charge is 0.423 e. The van der Waals surface area contributed by atoms with Crippen molar-refractivity contribution in [3.8, 4) is 23.0 Å². The summed E-state index contributed by atoms with van der Waals surface area (Å²) in [5, 5.41) is 22.0. The van der Waals surface area contributed by atoms with E-state index in [0.29, 0.717) is 24.3 Å². The van der Waals surface area contributed by atoms with Crippen molar-refractivity contribution >= 4 is 11.4 Å². The van der Waals surface area contributed by atoms with E-state index in [2.05, 4.69) is 0 Å². The second-order valence-corrected chi connectivity index (χ2v) is 6.55. The molecule has 0 aliphatic rings. The minimum atomic E-state index is -4.96. The Morgan fingerprint density at radius 1 is 0.588 bits per heavy atom. The quantitative estimate of drug-likeness (QED) is 0.208. The lowest BCUT2D eigenvalue weighted by atomic mass is 10.1. The fraction of sp³-hybridized carbons (Fsp3) is 0.100. The zero-order chi connectivity index (χ0) is 25.3. The second kappa shape index (κ2) is 8.88. The standard InChI is InChI=1S/C20H10F6N2O6/c21-19(22,23)15-6-4-13(9-17(15)27(29)30)33-11-2-1-3-12(8-11)34-14-5-7-16(20(24,25)26)18(10-14)28(31)32/h1-10H. The normalized spacial score (nSPS) is 11.7. The first-order valence-electron chi connectivity index (χ1n) is 8.93. The van der Waals surface area contributed by atoms with Crippen LogP contribution in [0.4, 0.5) is 37.7 Å². The van der Waals surface area contributed by atoms with Gasteiger partial charge in [-0.05, 0) is 36.4 Å². The Balaban J connectivity index is 1.87. The van der Waals surface area contributed by atoms with Crippen molar-refractivity contribution in [2.75, 3.05) is 0 Å². The minimum Gasteiger partial charge on any atom is -0.457 e. The predicted molar refractivity (Wildman–Crippen MR) is 103 cm³/mol. The third kappa shape index (κ3) is 5.51. The van der Waals surface area contributed by atoms with Crippen LogP contribution >= 0.6 is 0 Å². The van der Waals surface area contributed by atoms with E-state index in [0.717, 1.165) is 12.1 Å². The Hall–Kier alpha value is -4.36. The molecule has 0 saturated carbocycles. The molecule has 0 aliphatic heterocycles. The second-order valence-electron chi connectivity index (χ2n) is 6.55. The Labute approximate surface area is 185 Å². The molecule has 0 spiro atoms. The van der Waals surface area contributed by atoms with E-state index in [-0.39, 0.29) is 23.0 Å². The maximum absolute atomic E-state index is 12.9. The van der Waals surface area contributed by atoms with Gasteiger partial charge >= 0.3 is 12.4 Å². The van der Waals surface area contributed by atoms with Gasteiger partial charge in [-0.2, -0.15) is 26.3 Å². The molecule has 14 heteroatoms. The molecule has 0 fully saturated rings. The van der Waals surface area contributed by atoms with Crippen LogP contribution in [-0.4, -0.2) is 9.85 Å². The highest BCUT2D eigenvalue weighted by molar-refractivity contribution is 5.50. The number of nitro groups is 2. The molecule has 0 unspecified atom stereocenters. The van der Waals surface area contributed by atoms with Crippen LogP contribution in [0.1, 0.15) is 11.1 Å². The fourth-order valence-electron chi connectivity index (χ4n) is 2.80. The summed E-state index contributed by atoms with van der Waals surface area (Å²) >= 11 is 0. The molecule has 34 heavy (non-hydrogen) atoms. The molecule has 0 atom stereocenters. The summed E-state index contributed by atoms with van der Waals surface area (Å²) < 4.78 is 88.2. The van der Waals surface area contributed by atoms with Gasteiger partial charge in [0.05, 0.1) is 22.0 Å². The number of benzene rings is 3. The number of hydrogen-bond donors (Lipinski definition) is 0. The number of rotatable bonds is 6. The van der Waals surface area contributed by atoms with E-state index < -0.39 is 44.7 Å². The maximum Gasteiger partial charge on any atom is 0.423 e. The number of alkyl halides is 6. The first-order chi connectivity index (χ1) is 15.8. The van der Waals surface area contributed by atoms with Crippen molar-refractivity contribution in [3.05, 3.63) is 92.0 Å². The molecule has 0 aromatic heterocycles. The number of nitrogens with zero attached hydrogens (tertiary/aromatic N) is 2. The van der Waals surface area contributed by atoms with Gasteiger partial charge in [0.25, 0.3) is 11.4 Å². The molecule has 0 aliphatic carbocycles. The first kappa shape index (κ1) is 24.3. The van der Waals surface area contributed by atoms with E-state index in [1.54, 1.807) is 0 Å². The van der Waals surface area contributed by atoms with Gasteiger partial charge in [0.15, 0.2) is 0 Å². The summed E-state index contributed by atoms with van der Waals surface area (Å²) in [6, 6.07) is 9.02. The van der Waals surface area contributed by atoms with E-state index in [9.17, 15) is 46.6 Å². The number of ether oxygens (including phenoxy) is 2. The van der Waals surface area contributed by atoms with Gasteiger partial charge in [-0.1, -0.05) is 6.07 Å². The van der Waals surface area contributed by atoms with Gasteiger partial charge in [0.2, 0.25) is 0 Å². The van der Waals surface area contributed by atoms with E-state index in [1.165, 1.54) is 24.3 Å². The van der Waals surface area contributed by atoms with Gasteiger partial charge in [0, 0.05) is 6.07 Å². The van der Waals surface area contributed by atoms with Gasteiger partial charge in [0.1, 0.15) is 34.1 Å². The molecule has 0 N–H and O–H groups in total. The van der Waals surface area contributed by atoms with Crippen LogP contribution in [0.25, 0.3) is 0 Å². The van der Waals surface area contributed by atoms with Gasteiger partial charge in [-0.3, -0.25) is 20.2 Å². The summed E-state index contributed by atoms with van der Waals surface area (Å²) in [6.07, 6.45) is -9.92. The molecule has 0 saturated heterocycles. The highest BCUT2D eigenvalue weighted by atomic mass is 19.4. The molecule has 178 valence electrons. The lowest BCUT2D eigenvalue weighted by Crippen LogP contribution is -2.08. The number of nitro benzene ring substituents is 2. The topological polar surface area (TPSA) is 105 Å². The number of hydrogen-bond acceptors (Lipinski definition) is 6. The largest absolute Gasteiger partial charge is 0.457 e. The molecular formula is C20H10F6N2O6. The van der Waals surface area contributed by atoms with Gasteiger partial charge < -0.3 is 9.47 Å². The Morgan fingerprint density at radius 2 is 0.941 bits per heavy atom. The summed E-state index contributed by atoms with van der Waals surface area (Å²) in [5.41, 5.74) is -5.39. The van der Waals surface area contributed by atoms with Crippen LogP contribution in [0.15, 0.2) is 60.7 Å². The van der Waals surface area contributed by atoms with Gasteiger partial charge in [-0.25, -0.2) is 0 Å². The van der Waals surface area contributed by atoms with E-state index >= 15 is 0 Å². The minimum absolute atomic E-state index is 0.0482. The molecule has 3 aromatic carbocycles. The zero-order valence-corrected chi connectivity index (χ0v) is 16.4. The van der Waals surface area contributed by atoms with E-state index in [4.69, 9.17) is 9.47 Å². The van der Waals surface area contributed by atoms with Crippen molar-refractivity contribution in [3.63, 3.8) is 0 Å². The zero-order valence-electron chi connectivity index (χ0n) is 16.4. The Bertz CT molecular complexity index is 1170. The average Bonchev–Trinajstić information content (AvgIpc) is 2.72. The van der Waals surface area contributed by atoms with Crippen LogP contribution in [0.3, 0.4) is 0 Å². The summed E-state index contributed by atoms with van der Waals surface area (Å²) in [6.45, 7) is 0. The van der Waals surface area contributed by atoms with Crippen LogP contribution in [0.5, 0.6) is 23.0 Å². The van der Waals surface area contributed by atoms with Crippen molar-refractivity contribution in [1.29, 1.82) is 0 Å². The highest BCUT2D eigenvalue weighted by Gasteiger charge is 2.39. The monoisotopic (exact) mass is 488 g/mol. The number of halogens is 6. The SMILES string of the molecule is O=[N+]([O-])c1cc(Oc2cccc(Oc3ccc(C(F)(F)F)c([N+](=O)[O-])c3)c2)ccc1C(F)(F)F. The van der Waals surface area contributed by atoms with Crippen LogP contribution in [0.2, 0.25) is 0 Å². The lowest BCUT2D eigenvalue weighted by molar-refractivity contribution is -0.388. The van der Waals surface area contributed by atoms with Crippen LogP contribution < -0.4 is 9.47 Å². The van der Waals surface area contributed by atoms with Crippen molar-refractivity contribution < 1.29 is 45.7 Å². The molecule has 3 aromatic rings. The molecule has 0 radical (unpaired) electrons. The van der Waals surface area contributed by atoms with Gasteiger partial charge in [-0.15, -0.1) is 0 Å². The fourth-order valence-corrected chi connectivity index (χ4v) is 2.80. The third-order valence-electron chi connectivity index (χ3n) is 4.22. The maximum atomic E-state index is 12.9. The summed E-state index contributed by atoms with van der Waals surface area (Å²) in [4.78, 5) is 19.6. The highest BCUT2D eigenvalue weighted by Crippen LogP contribution is 2.40. The molecule has 3 rings (SSSR count). The first-order valence-corrected chi connectivity index (χ1v) is 8.93. The molecule has 0 bridgehead atoms. The van der Waals surface area contributed by atoms with Crippen molar-refractivity contribution in [2.45, 2.75) is 12.4 Å². The van der Waals surface area contributed by atoms with Crippen LogP contribution in [-0.2, 0) is 12.4 Å². The molecule has 0 heterocycles.